The summed E-state index contributed by atoms with van der Waals surface area (Å²) in [6.07, 6.45) is 5.56. The van der Waals surface area contributed by atoms with Gasteiger partial charge < -0.3 is 25.0 Å². The third kappa shape index (κ3) is 8.91. The van der Waals surface area contributed by atoms with Gasteiger partial charge >= 0.3 is 12.1 Å². The van der Waals surface area contributed by atoms with Crippen LogP contribution in [0.5, 0.6) is 0 Å². The molecule has 1 aromatic rings. The van der Waals surface area contributed by atoms with Gasteiger partial charge in [-0.25, -0.2) is 22.4 Å². The average molecular weight is 725 g/mol. The van der Waals surface area contributed by atoms with E-state index in [0.717, 1.165) is 12.5 Å². The molecule has 5 rings (SSSR count). The van der Waals surface area contributed by atoms with Gasteiger partial charge in [-0.3, -0.25) is 19.1 Å². The largest absolute Gasteiger partial charge is 0.457 e. The molecule has 4 aliphatic rings. The van der Waals surface area contributed by atoms with Crippen molar-refractivity contribution in [3.8, 4) is 0 Å². The second-order valence-electron chi connectivity index (χ2n) is 14.1. The van der Waals surface area contributed by atoms with Crippen molar-refractivity contribution in [1.29, 1.82) is 0 Å². The number of benzene rings is 1. The zero-order valence-corrected chi connectivity index (χ0v) is 29.2. The molecule has 1 saturated heterocycles. The Morgan fingerprint density at radius 2 is 1.84 bits per heavy atom. The maximum absolute atomic E-state index is 14.2. The number of carbonyl (C=O) groups excluding carboxylic acids is 5. The number of fused-ring (bicyclic) bond motifs is 2. The summed E-state index contributed by atoms with van der Waals surface area (Å²) in [7, 11) is -3.93. The van der Waals surface area contributed by atoms with E-state index in [1.165, 1.54) is 17.0 Å². The number of ether oxygens (including phenoxy) is 2. The number of halogens is 2. The molecule has 0 bridgehead atoms. The fraction of sp³-hybridized carbons (Fsp3) is 0.606. The van der Waals surface area contributed by atoms with Crippen molar-refractivity contribution in [1.82, 2.24) is 20.3 Å². The second kappa shape index (κ2) is 14.3. The van der Waals surface area contributed by atoms with Crippen molar-refractivity contribution in [2.24, 2.45) is 5.92 Å². The molecule has 2 heterocycles. The number of nitrogens with one attached hydrogen (secondary N) is 3. The lowest BCUT2D eigenvalue weighted by Crippen LogP contribution is -2.58. The summed E-state index contributed by atoms with van der Waals surface area (Å²) in [5.74, 6) is -4.48. The second-order valence-corrected chi connectivity index (χ2v) is 16.5. The molecule has 0 spiro atoms. The minimum absolute atomic E-state index is 0.133. The van der Waals surface area contributed by atoms with Crippen LogP contribution in [0.15, 0.2) is 30.4 Å². The summed E-state index contributed by atoms with van der Waals surface area (Å²) >= 11 is 5.75. The van der Waals surface area contributed by atoms with E-state index in [-0.39, 0.29) is 36.4 Å². The summed E-state index contributed by atoms with van der Waals surface area (Å²) in [4.78, 5) is 68.7. The molecule has 2 aliphatic carbocycles. The van der Waals surface area contributed by atoms with Gasteiger partial charge in [-0.15, -0.1) is 0 Å². The molecule has 5 atom stereocenters. The van der Waals surface area contributed by atoms with Crippen molar-refractivity contribution >= 4 is 51.4 Å². The number of carbonyl (C=O) groups is 5. The van der Waals surface area contributed by atoms with Crippen LogP contribution in [-0.2, 0) is 33.9 Å². The predicted molar refractivity (Wildman–Crippen MR) is 175 cm³/mol. The van der Waals surface area contributed by atoms with Crippen molar-refractivity contribution in [2.45, 2.75) is 113 Å². The van der Waals surface area contributed by atoms with Crippen LogP contribution in [0.4, 0.5) is 9.18 Å². The number of nitrogens with zero attached hydrogens (tertiary/aromatic N) is 1. The van der Waals surface area contributed by atoms with E-state index >= 15 is 0 Å². The molecule has 0 radical (unpaired) electrons. The standard InChI is InChI=1S/C33H42ClFN4O9S/c1-32(2,3)48-31(44)36-25-10-8-6-4-5-7-9-20-17-33(20,30(43)38-49(45,46)22-12-13-22)37-27(40)26-16-21(18-39(26)28(25)41)47-29(42)19-11-14-23(34)24(35)15-19/h7,9,11,14-15,20-22,25-26H,4-6,8,10,12-13,16-18H2,1-3H3,(H,36,44)(H,37,40)(H,38,43)/b9-7+. The van der Waals surface area contributed by atoms with Gasteiger partial charge in [-0.2, -0.15) is 0 Å². The van der Waals surface area contributed by atoms with Gasteiger partial charge in [0.25, 0.3) is 5.91 Å². The molecule has 16 heteroatoms. The van der Waals surface area contributed by atoms with E-state index in [9.17, 15) is 36.8 Å². The molecule has 3 N–H and O–H groups in total. The van der Waals surface area contributed by atoms with Gasteiger partial charge in [0, 0.05) is 12.3 Å². The van der Waals surface area contributed by atoms with Gasteiger partial charge in [0.15, 0.2) is 0 Å². The quantitative estimate of drug-likeness (QED) is 0.293. The first-order valence-corrected chi connectivity index (χ1v) is 18.4. The number of allylic oxidation sites excluding steroid dienone is 1. The van der Waals surface area contributed by atoms with E-state index in [0.29, 0.717) is 32.1 Å². The zero-order valence-electron chi connectivity index (χ0n) is 27.6. The van der Waals surface area contributed by atoms with Crippen LogP contribution >= 0.6 is 11.6 Å². The third-order valence-electron chi connectivity index (χ3n) is 8.96. The molecule has 3 fully saturated rings. The maximum Gasteiger partial charge on any atom is 0.408 e. The molecule has 2 saturated carbocycles. The van der Waals surface area contributed by atoms with Gasteiger partial charge in [0.1, 0.15) is 35.1 Å². The number of alkyl carbamates (subject to hydrolysis) is 1. The van der Waals surface area contributed by atoms with Crippen LogP contribution in [-0.4, -0.2) is 84.2 Å². The lowest BCUT2D eigenvalue weighted by atomic mass is 10.0. The van der Waals surface area contributed by atoms with Gasteiger partial charge in [0.05, 0.1) is 22.4 Å². The Kier molecular flexibility index (Phi) is 10.6. The topological polar surface area (TPSA) is 177 Å². The van der Waals surface area contributed by atoms with E-state index in [1.807, 2.05) is 6.08 Å². The highest BCUT2D eigenvalue weighted by atomic mass is 35.5. The number of hydrogen-bond donors (Lipinski definition) is 3. The summed E-state index contributed by atoms with van der Waals surface area (Å²) in [6, 6.07) is 1.02. The summed E-state index contributed by atoms with van der Waals surface area (Å²) < 4.78 is 52.6. The minimum atomic E-state index is -3.93. The Morgan fingerprint density at radius 1 is 1.10 bits per heavy atom. The molecule has 0 aromatic heterocycles. The highest BCUT2D eigenvalue weighted by Crippen LogP contribution is 2.46. The Morgan fingerprint density at radius 3 is 2.51 bits per heavy atom. The van der Waals surface area contributed by atoms with Crippen molar-refractivity contribution in [2.75, 3.05) is 6.54 Å². The Labute approximate surface area is 289 Å². The summed E-state index contributed by atoms with van der Waals surface area (Å²) in [5, 5.41) is 4.52. The number of sulfonamides is 1. The first-order valence-electron chi connectivity index (χ1n) is 16.5. The Bertz CT molecular complexity index is 1640. The van der Waals surface area contributed by atoms with Crippen molar-refractivity contribution < 1.29 is 46.3 Å². The molecular weight excluding hydrogens is 683 g/mol. The molecule has 13 nitrogen and oxygen atoms in total. The maximum atomic E-state index is 14.2. The smallest absolute Gasteiger partial charge is 0.408 e. The van der Waals surface area contributed by atoms with Crippen LogP contribution < -0.4 is 15.4 Å². The van der Waals surface area contributed by atoms with Gasteiger partial charge in [0.2, 0.25) is 21.8 Å². The van der Waals surface area contributed by atoms with E-state index in [1.54, 1.807) is 26.8 Å². The van der Waals surface area contributed by atoms with Crippen LogP contribution in [0.25, 0.3) is 0 Å². The lowest BCUT2D eigenvalue weighted by molar-refractivity contribution is -0.141. The molecule has 49 heavy (non-hydrogen) atoms. The molecule has 268 valence electrons. The fourth-order valence-corrected chi connectivity index (χ4v) is 7.62. The number of hydrogen-bond acceptors (Lipinski definition) is 9. The molecule has 2 aliphatic heterocycles. The van der Waals surface area contributed by atoms with Crippen molar-refractivity contribution in [3.63, 3.8) is 0 Å². The van der Waals surface area contributed by atoms with Crippen LogP contribution in [0.1, 0.15) is 88.9 Å². The van der Waals surface area contributed by atoms with E-state index in [2.05, 4.69) is 15.4 Å². The zero-order chi connectivity index (χ0) is 35.7. The van der Waals surface area contributed by atoms with Crippen LogP contribution in [0, 0.1) is 11.7 Å². The summed E-state index contributed by atoms with van der Waals surface area (Å²) in [5.41, 5.74) is -2.56. The van der Waals surface area contributed by atoms with Crippen LogP contribution in [0.2, 0.25) is 5.02 Å². The highest BCUT2D eigenvalue weighted by Gasteiger charge is 2.62. The first kappa shape index (κ1) is 36.6. The van der Waals surface area contributed by atoms with E-state index < -0.39 is 86.1 Å². The lowest BCUT2D eigenvalue weighted by Gasteiger charge is -2.30. The SMILES string of the molecule is CC(C)(C)OC(=O)NC1CCCCC/C=C/C2CC2(C(=O)NS(=O)(=O)C2CC2)NC(=O)C2CC(OC(=O)c3ccc(Cl)c(F)c3)CN2C1=O. The van der Waals surface area contributed by atoms with Gasteiger partial charge in [-0.1, -0.05) is 36.6 Å². The molecule has 5 unspecified atom stereocenters. The molecular formula is C33H42ClFN4O9S. The van der Waals surface area contributed by atoms with Gasteiger partial charge in [-0.05, 0) is 77.5 Å². The first-order chi connectivity index (χ1) is 23.0. The number of amides is 4. The Hall–Kier alpha value is -3.72. The predicted octanol–water partition coefficient (Wildman–Crippen LogP) is 3.50. The third-order valence-corrected chi connectivity index (χ3v) is 11.1. The monoisotopic (exact) mass is 724 g/mol. The highest BCUT2D eigenvalue weighted by molar-refractivity contribution is 7.91. The fourth-order valence-electron chi connectivity index (χ4n) is 6.14. The number of esters is 1. The Balaban J connectivity index is 1.43. The number of rotatable bonds is 6. The minimum Gasteiger partial charge on any atom is -0.457 e. The van der Waals surface area contributed by atoms with E-state index in [4.69, 9.17) is 21.1 Å². The molecule has 4 amide bonds. The molecule has 1 aromatic carbocycles. The average Bonchev–Trinajstić information content (AvgIpc) is 3.93. The van der Waals surface area contributed by atoms with Crippen molar-refractivity contribution in [3.05, 3.63) is 46.8 Å². The summed E-state index contributed by atoms with van der Waals surface area (Å²) in [6.45, 7) is 4.79. The normalized spacial score (nSPS) is 28.5. The van der Waals surface area contributed by atoms with Crippen LogP contribution in [0.3, 0.4) is 0 Å².